The number of hydrogen-bond acceptors (Lipinski definition) is 2. The lowest BCUT2D eigenvalue weighted by atomic mass is 10.1. The van der Waals surface area contributed by atoms with Gasteiger partial charge in [0.25, 0.3) is 0 Å². The Morgan fingerprint density at radius 3 is 2.68 bits per heavy atom. The van der Waals surface area contributed by atoms with Gasteiger partial charge in [0.15, 0.2) is 0 Å². The predicted molar refractivity (Wildman–Crippen MR) is 77.9 cm³/mol. The largest absolute Gasteiger partial charge is 0.399 e. The number of amides is 1. The van der Waals surface area contributed by atoms with Gasteiger partial charge in [0.2, 0.25) is 5.91 Å². The van der Waals surface area contributed by atoms with Crippen LogP contribution in [0, 0.1) is 0 Å². The molecule has 19 heavy (non-hydrogen) atoms. The molecule has 0 bridgehead atoms. The number of carbonyl (C=O) groups is 1. The molecule has 0 unspecified atom stereocenters. The highest BCUT2D eigenvalue weighted by atomic mass is 35.5. The summed E-state index contributed by atoms with van der Waals surface area (Å²) in [6.45, 7) is 0.467. The summed E-state index contributed by atoms with van der Waals surface area (Å²) >= 11 is 6.01. The molecular weight excluding hydrogens is 260 g/mol. The average molecular weight is 275 g/mol. The smallest absolute Gasteiger partial charge is 0.224 e. The molecule has 1 amide bonds. The molecule has 0 aliphatic carbocycles. The molecule has 0 aromatic heterocycles. The van der Waals surface area contributed by atoms with Crippen LogP contribution < -0.4 is 11.1 Å². The number of nitrogens with one attached hydrogen (secondary N) is 1. The van der Waals surface area contributed by atoms with Crippen LogP contribution in [0.5, 0.6) is 0 Å². The molecular formula is C15H15ClN2O. The van der Waals surface area contributed by atoms with E-state index in [1.165, 1.54) is 0 Å². The minimum Gasteiger partial charge on any atom is -0.399 e. The highest BCUT2D eigenvalue weighted by Gasteiger charge is 2.06. The van der Waals surface area contributed by atoms with Crippen LogP contribution in [0.1, 0.15) is 11.1 Å². The van der Waals surface area contributed by atoms with Crippen molar-refractivity contribution in [1.82, 2.24) is 5.32 Å². The molecule has 0 heterocycles. The van der Waals surface area contributed by atoms with Crippen molar-refractivity contribution in [1.29, 1.82) is 0 Å². The number of anilines is 1. The summed E-state index contributed by atoms with van der Waals surface area (Å²) in [5.41, 5.74) is 8.18. The van der Waals surface area contributed by atoms with E-state index in [9.17, 15) is 4.79 Å². The lowest BCUT2D eigenvalue weighted by Crippen LogP contribution is -2.24. The minimum absolute atomic E-state index is 0.0597. The van der Waals surface area contributed by atoms with E-state index >= 15 is 0 Å². The number of benzene rings is 2. The van der Waals surface area contributed by atoms with E-state index in [-0.39, 0.29) is 12.3 Å². The molecule has 0 fully saturated rings. The topological polar surface area (TPSA) is 55.1 Å². The fourth-order valence-corrected chi connectivity index (χ4v) is 1.98. The van der Waals surface area contributed by atoms with Crippen molar-refractivity contribution in [2.24, 2.45) is 0 Å². The Bertz CT molecular complexity index is 584. The molecule has 0 aliphatic heterocycles. The van der Waals surface area contributed by atoms with Crippen LogP contribution in [0.2, 0.25) is 5.02 Å². The molecule has 3 N–H and O–H groups in total. The Kier molecular flexibility index (Phi) is 4.42. The van der Waals surface area contributed by atoms with Crippen molar-refractivity contribution < 1.29 is 4.79 Å². The number of hydrogen-bond donors (Lipinski definition) is 2. The van der Waals surface area contributed by atoms with Gasteiger partial charge in [-0.2, -0.15) is 0 Å². The molecule has 2 aromatic rings. The highest BCUT2D eigenvalue weighted by Crippen LogP contribution is 2.15. The molecule has 0 atom stereocenters. The van der Waals surface area contributed by atoms with Gasteiger partial charge in [-0.25, -0.2) is 0 Å². The molecule has 0 radical (unpaired) electrons. The SMILES string of the molecule is Nc1cccc(CNC(=O)Cc2ccccc2Cl)c1. The highest BCUT2D eigenvalue weighted by molar-refractivity contribution is 6.31. The first-order valence-corrected chi connectivity index (χ1v) is 6.37. The second kappa shape index (κ2) is 6.25. The molecule has 0 saturated heterocycles. The summed E-state index contributed by atoms with van der Waals surface area (Å²) < 4.78 is 0. The lowest BCUT2D eigenvalue weighted by Gasteiger charge is -2.07. The number of rotatable bonds is 4. The van der Waals surface area contributed by atoms with Crippen LogP contribution in [0.3, 0.4) is 0 Å². The summed E-state index contributed by atoms with van der Waals surface area (Å²) in [5.74, 6) is -0.0597. The van der Waals surface area contributed by atoms with E-state index in [1.54, 1.807) is 6.07 Å². The van der Waals surface area contributed by atoms with Crippen LogP contribution in [-0.2, 0) is 17.8 Å². The third kappa shape index (κ3) is 4.00. The standard InChI is InChI=1S/C15H15ClN2O/c16-14-7-2-1-5-12(14)9-15(19)18-10-11-4-3-6-13(17)8-11/h1-8H,9-10,17H2,(H,18,19). The average Bonchev–Trinajstić information content (AvgIpc) is 2.39. The van der Waals surface area contributed by atoms with Gasteiger partial charge in [-0.15, -0.1) is 0 Å². The predicted octanol–water partition coefficient (Wildman–Crippen LogP) is 2.78. The summed E-state index contributed by atoms with van der Waals surface area (Å²) in [5, 5.41) is 3.46. The Morgan fingerprint density at radius 1 is 1.16 bits per heavy atom. The van der Waals surface area contributed by atoms with Gasteiger partial charge in [-0.1, -0.05) is 41.9 Å². The van der Waals surface area contributed by atoms with Crippen LogP contribution in [0.25, 0.3) is 0 Å². The lowest BCUT2D eigenvalue weighted by molar-refractivity contribution is -0.120. The second-order valence-corrected chi connectivity index (χ2v) is 4.70. The fraction of sp³-hybridized carbons (Fsp3) is 0.133. The Labute approximate surface area is 117 Å². The van der Waals surface area contributed by atoms with Gasteiger partial charge in [0.05, 0.1) is 6.42 Å². The van der Waals surface area contributed by atoms with Crippen molar-refractivity contribution >= 4 is 23.2 Å². The molecule has 4 heteroatoms. The van der Waals surface area contributed by atoms with Gasteiger partial charge in [-0.3, -0.25) is 4.79 Å². The van der Waals surface area contributed by atoms with Crippen LogP contribution in [0.4, 0.5) is 5.69 Å². The van der Waals surface area contributed by atoms with Gasteiger partial charge in [-0.05, 0) is 29.3 Å². The fourth-order valence-electron chi connectivity index (χ4n) is 1.78. The second-order valence-electron chi connectivity index (χ2n) is 4.29. The number of nitrogens with two attached hydrogens (primary N) is 1. The number of nitrogen functional groups attached to an aromatic ring is 1. The first-order valence-electron chi connectivity index (χ1n) is 5.99. The van der Waals surface area contributed by atoms with Gasteiger partial charge in [0, 0.05) is 17.3 Å². The van der Waals surface area contributed by atoms with Crippen molar-refractivity contribution in [3.05, 3.63) is 64.7 Å². The van der Waals surface area contributed by atoms with E-state index in [0.717, 1.165) is 11.1 Å². The molecule has 3 nitrogen and oxygen atoms in total. The summed E-state index contributed by atoms with van der Waals surface area (Å²) in [6, 6.07) is 14.8. The molecule has 98 valence electrons. The maximum atomic E-state index is 11.8. The number of carbonyl (C=O) groups excluding carboxylic acids is 1. The van der Waals surface area contributed by atoms with Crippen molar-refractivity contribution in [3.63, 3.8) is 0 Å². The monoisotopic (exact) mass is 274 g/mol. The zero-order chi connectivity index (χ0) is 13.7. The van der Waals surface area contributed by atoms with Crippen LogP contribution >= 0.6 is 11.6 Å². The summed E-state index contributed by atoms with van der Waals surface area (Å²) in [6.07, 6.45) is 0.280. The van der Waals surface area contributed by atoms with E-state index in [0.29, 0.717) is 17.3 Å². The Hall–Kier alpha value is -2.00. The Morgan fingerprint density at radius 2 is 1.95 bits per heavy atom. The molecule has 2 aromatic carbocycles. The molecule has 0 aliphatic rings. The summed E-state index contributed by atoms with van der Waals surface area (Å²) in [4.78, 5) is 11.8. The van der Waals surface area contributed by atoms with Gasteiger partial charge in [0.1, 0.15) is 0 Å². The van der Waals surface area contributed by atoms with E-state index in [1.807, 2.05) is 42.5 Å². The maximum Gasteiger partial charge on any atom is 0.224 e. The quantitative estimate of drug-likeness (QED) is 0.843. The van der Waals surface area contributed by atoms with E-state index in [4.69, 9.17) is 17.3 Å². The van der Waals surface area contributed by atoms with Crippen molar-refractivity contribution in [2.75, 3.05) is 5.73 Å². The third-order valence-corrected chi connectivity index (χ3v) is 3.12. The normalized spacial score (nSPS) is 10.2. The maximum absolute atomic E-state index is 11.8. The molecule has 2 rings (SSSR count). The third-order valence-electron chi connectivity index (χ3n) is 2.75. The van der Waals surface area contributed by atoms with Crippen LogP contribution in [0.15, 0.2) is 48.5 Å². The Balaban J connectivity index is 1.90. The van der Waals surface area contributed by atoms with E-state index < -0.39 is 0 Å². The zero-order valence-electron chi connectivity index (χ0n) is 10.4. The van der Waals surface area contributed by atoms with E-state index in [2.05, 4.69) is 5.32 Å². The van der Waals surface area contributed by atoms with Crippen LogP contribution in [-0.4, -0.2) is 5.91 Å². The van der Waals surface area contributed by atoms with Crippen molar-refractivity contribution in [3.8, 4) is 0 Å². The van der Waals surface area contributed by atoms with Gasteiger partial charge >= 0.3 is 0 Å². The zero-order valence-corrected chi connectivity index (χ0v) is 11.2. The molecule has 0 saturated carbocycles. The van der Waals surface area contributed by atoms with Crippen molar-refractivity contribution in [2.45, 2.75) is 13.0 Å². The summed E-state index contributed by atoms with van der Waals surface area (Å²) in [7, 11) is 0. The first kappa shape index (κ1) is 13.4. The minimum atomic E-state index is -0.0597. The molecule has 0 spiro atoms. The van der Waals surface area contributed by atoms with Gasteiger partial charge < -0.3 is 11.1 Å². The first-order chi connectivity index (χ1) is 9.15. The number of halogens is 1.